The lowest BCUT2D eigenvalue weighted by Crippen LogP contribution is -2.26. The fourth-order valence-electron chi connectivity index (χ4n) is 3.53. The van der Waals surface area contributed by atoms with Crippen molar-refractivity contribution in [1.82, 2.24) is 30.6 Å². The number of amides is 1. The van der Waals surface area contributed by atoms with Gasteiger partial charge in [-0.15, -0.1) is 5.10 Å². The van der Waals surface area contributed by atoms with Crippen molar-refractivity contribution in [3.05, 3.63) is 47.3 Å². The molecule has 1 saturated heterocycles. The molecule has 0 aliphatic carbocycles. The van der Waals surface area contributed by atoms with Crippen LogP contribution in [0.1, 0.15) is 55.7 Å². The first-order chi connectivity index (χ1) is 13.1. The second kappa shape index (κ2) is 8.88. The highest BCUT2D eigenvalue weighted by Crippen LogP contribution is 2.32. The zero-order valence-corrected chi connectivity index (χ0v) is 15.7. The summed E-state index contributed by atoms with van der Waals surface area (Å²) in [7, 11) is 0. The summed E-state index contributed by atoms with van der Waals surface area (Å²) in [4.78, 5) is 13.6. The Labute approximate surface area is 158 Å². The van der Waals surface area contributed by atoms with E-state index in [4.69, 9.17) is 5.21 Å². The minimum absolute atomic E-state index is 0.262. The second-order valence-electron chi connectivity index (χ2n) is 7.05. The first-order valence-corrected chi connectivity index (χ1v) is 9.31. The molecule has 144 valence electrons. The quantitative estimate of drug-likeness (QED) is 0.440. The lowest BCUT2D eigenvalue weighted by molar-refractivity contribution is -0.124. The van der Waals surface area contributed by atoms with Gasteiger partial charge in [0.2, 0.25) is 0 Å². The molecule has 1 aliphatic heterocycles. The molecule has 3 rings (SSSR count). The summed E-state index contributed by atoms with van der Waals surface area (Å²) >= 11 is 0. The minimum atomic E-state index is -0.537. The second-order valence-corrected chi connectivity index (χ2v) is 7.05. The van der Waals surface area contributed by atoms with Gasteiger partial charge in [0.25, 0.3) is 5.91 Å². The zero-order valence-electron chi connectivity index (χ0n) is 15.7. The highest BCUT2D eigenvalue weighted by atomic mass is 16.5. The molecule has 27 heavy (non-hydrogen) atoms. The number of aromatic nitrogens is 4. The van der Waals surface area contributed by atoms with E-state index in [1.54, 1.807) is 11.6 Å². The van der Waals surface area contributed by atoms with Gasteiger partial charge in [-0.25, -0.2) is 10.2 Å². The van der Waals surface area contributed by atoms with Crippen LogP contribution < -0.4 is 5.48 Å². The van der Waals surface area contributed by atoms with E-state index in [-0.39, 0.29) is 6.04 Å². The number of benzene rings is 1. The molecular weight excluding hydrogens is 344 g/mol. The summed E-state index contributed by atoms with van der Waals surface area (Å²) in [6.07, 6.45) is 6.12. The maximum atomic E-state index is 11.1. The number of nitrogens with zero attached hydrogens (tertiary/aromatic N) is 5. The Balaban J connectivity index is 1.63. The van der Waals surface area contributed by atoms with E-state index in [1.165, 1.54) is 18.1 Å². The van der Waals surface area contributed by atoms with E-state index >= 15 is 0 Å². The zero-order chi connectivity index (χ0) is 19.2. The molecule has 1 atom stereocenters. The molecule has 1 aliphatic rings. The maximum Gasteiger partial charge on any atom is 0.267 e. The van der Waals surface area contributed by atoms with E-state index in [2.05, 4.69) is 46.4 Å². The molecule has 1 amide bonds. The Morgan fingerprint density at radius 3 is 2.85 bits per heavy atom. The first kappa shape index (κ1) is 19.2. The number of hydrogen-bond acceptors (Lipinski definition) is 6. The van der Waals surface area contributed by atoms with Crippen molar-refractivity contribution in [2.24, 2.45) is 0 Å². The number of carbonyl (C=O) groups excluding carboxylic acids is 1. The van der Waals surface area contributed by atoms with E-state index in [1.807, 2.05) is 16.8 Å². The molecule has 0 saturated carbocycles. The topological polar surface area (TPSA) is 96.2 Å². The van der Waals surface area contributed by atoms with Gasteiger partial charge in [-0.3, -0.25) is 14.9 Å². The van der Waals surface area contributed by atoms with Crippen LogP contribution in [0.25, 0.3) is 6.08 Å². The van der Waals surface area contributed by atoms with Crippen LogP contribution in [0.2, 0.25) is 0 Å². The largest absolute Gasteiger partial charge is 0.296 e. The Kier molecular flexibility index (Phi) is 6.31. The average Bonchev–Trinajstić information content (AvgIpc) is 3.33. The molecule has 2 N–H and O–H groups in total. The number of tetrazole rings is 1. The molecule has 2 aromatic rings. The Hall–Kier alpha value is -2.58. The summed E-state index contributed by atoms with van der Waals surface area (Å²) in [6.45, 7) is 6.17. The number of nitrogens with one attached hydrogen (secondary N) is 1. The number of rotatable bonds is 7. The molecule has 1 fully saturated rings. The van der Waals surface area contributed by atoms with Gasteiger partial charge in [-0.2, -0.15) is 0 Å². The number of likely N-dealkylation sites (tertiary alicyclic amines) is 1. The summed E-state index contributed by atoms with van der Waals surface area (Å²) in [6, 6.07) is 8.86. The third kappa shape index (κ3) is 4.78. The highest BCUT2D eigenvalue weighted by Gasteiger charge is 2.26. The summed E-state index contributed by atoms with van der Waals surface area (Å²) in [5, 5.41) is 20.6. The lowest BCUT2D eigenvalue weighted by Gasteiger charge is -2.24. The van der Waals surface area contributed by atoms with Crippen LogP contribution in [-0.4, -0.2) is 49.3 Å². The summed E-state index contributed by atoms with van der Waals surface area (Å²) in [5.74, 6) is 0.392. The van der Waals surface area contributed by atoms with Gasteiger partial charge < -0.3 is 0 Å². The highest BCUT2D eigenvalue weighted by molar-refractivity contribution is 5.90. The van der Waals surface area contributed by atoms with Gasteiger partial charge >= 0.3 is 0 Å². The van der Waals surface area contributed by atoms with Crippen LogP contribution >= 0.6 is 0 Å². The standard InChI is InChI=1S/C19H26N6O2/c1-14(2)25-18(20-22-23-25)11-13-24-12-3-4-17(24)16-8-5-15(6-9-16)7-10-19(26)21-27/h5-10,14,17,27H,3-4,11-13H2,1-2H3,(H,21,26)/b10-7+. The predicted molar refractivity (Wildman–Crippen MR) is 101 cm³/mol. The van der Waals surface area contributed by atoms with Crippen LogP contribution in [0.4, 0.5) is 0 Å². The number of carbonyl (C=O) groups is 1. The third-order valence-electron chi connectivity index (χ3n) is 4.89. The van der Waals surface area contributed by atoms with E-state index in [0.717, 1.165) is 37.3 Å². The van der Waals surface area contributed by atoms with Crippen molar-refractivity contribution in [2.75, 3.05) is 13.1 Å². The van der Waals surface area contributed by atoms with Gasteiger partial charge in [0.15, 0.2) is 5.82 Å². The van der Waals surface area contributed by atoms with Crippen molar-refractivity contribution in [3.8, 4) is 0 Å². The Bertz CT molecular complexity index is 784. The van der Waals surface area contributed by atoms with Crippen LogP contribution in [-0.2, 0) is 11.2 Å². The molecule has 0 radical (unpaired) electrons. The first-order valence-electron chi connectivity index (χ1n) is 9.31. The molecule has 0 spiro atoms. The fourth-order valence-corrected chi connectivity index (χ4v) is 3.53. The average molecular weight is 370 g/mol. The third-order valence-corrected chi connectivity index (χ3v) is 4.89. The summed E-state index contributed by atoms with van der Waals surface area (Å²) in [5.41, 5.74) is 3.78. The van der Waals surface area contributed by atoms with Gasteiger partial charge in [-0.05, 0) is 60.9 Å². The molecule has 1 aromatic carbocycles. The fraction of sp³-hybridized carbons (Fsp3) is 0.474. The van der Waals surface area contributed by atoms with Crippen molar-refractivity contribution in [1.29, 1.82) is 0 Å². The number of hydrogen-bond donors (Lipinski definition) is 2. The van der Waals surface area contributed by atoms with Gasteiger partial charge in [0, 0.05) is 25.1 Å². The summed E-state index contributed by atoms with van der Waals surface area (Å²) < 4.78 is 1.88. The maximum absolute atomic E-state index is 11.1. The van der Waals surface area contributed by atoms with Gasteiger partial charge in [0.1, 0.15) is 0 Å². The van der Waals surface area contributed by atoms with E-state index < -0.39 is 5.91 Å². The van der Waals surface area contributed by atoms with E-state index in [9.17, 15) is 4.79 Å². The minimum Gasteiger partial charge on any atom is -0.296 e. The van der Waals surface area contributed by atoms with Crippen LogP contribution in [0.3, 0.4) is 0 Å². The normalized spacial score (nSPS) is 17.9. The van der Waals surface area contributed by atoms with Crippen LogP contribution in [0.5, 0.6) is 0 Å². The predicted octanol–water partition coefficient (Wildman–Crippen LogP) is 2.15. The molecule has 8 nitrogen and oxygen atoms in total. The SMILES string of the molecule is CC(C)n1nnnc1CCN1CCCC1c1ccc(/C=C/C(=O)NO)cc1. The molecular formula is C19H26N6O2. The molecule has 2 heterocycles. The van der Waals surface area contributed by atoms with Crippen molar-refractivity contribution >= 4 is 12.0 Å². The number of hydroxylamine groups is 1. The van der Waals surface area contributed by atoms with Gasteiger partial charge in [0.05, 0.1) is 6.04 Å². The van der Waals surface area contributed by atoms with Crippen LogP contribution in [0, 0.1) is 0 Å². The molecule has 1 unspecified atom stereocenters. The van der Waals surface area contributed by atoms with Crippen molar-refractivity contribution < 1.29 is 10.0 Å². The van der Waals surface area contributed by atoms with Crippen LogP contribution in [0.15, 0.2) is 30.3 Å². The van der Waals surface area contributed by atoms with Gasteiger partial charge in [-0.1, -0.05) is 24.3 Å². The van der Waals surface area contributed by atoms with E-state index in [0.29, 0.717) is 6.04 Å². The van der Waals surface area contributed by atoms with Crippen molar-refractivity contribution in [3.63, 3.8) is 0 Å². The molecule has 1 aromatic heterocycles. The van der Waals surface area contributed by atoms with Crippen molar-refractivity contribution in [2.45, 2.75) is 45.2 Å². The lowest BCUT2D eigenvalue weighted by atomic mass is 10.0. The Morgan fingerprint density at radius 2 is 2.15 bits per heavy atom. The smallest absolute Gasteiger partial charge is 0.267 e. The molecule has 0 bridgehead atoms. The monoisotopic (exact) mass is 370 g/mol. The Morgan fingerprint density at radius 1 is 1.37 bits per heavy atom. The molecule has 8 heteroatoms.